The molecule has 0 radical (unpaired) electrons. The highest BCUT2D eigenvalue weighted by atomic mass is 16.4. The molecule has 1 saturated heterocycles. The van der Waals surface area contributed by atoms with Gasteiger partial charge < -0.3 is 33.8 Å². The first-order valence-electron chi connectivity index (χ1n) is 8.87. The Balaban J connectivity index is 0.000000212. The first-order chi connectivity index (χ1) is 16.7. The molecule has 4 rings (SSSR count). The van der Waals surface area contributed by atoms with E-state index in [9.17, 15) is 29.1 Å². The molecule has 192 valence electrons. The van der Waals surface area contributed by atoms with E-state index in [4.69, 9.17) is 28.7 Å². The minimum absolute atomic E-state index is 0.0417. The Morgan fingerprint density at radius 1 is 0.583 bits per heavy atom. The van der Waals surface area contributed by atoms with Crippen molar-refractivity contribution in [2.45, 2.75) is 5.97 Å². The molecule has 0 bridgehead atoms. The zero-order valence-electron chi connectivity index (χ0n) is 17.6. The summed E-state index contributed by atoms with van der Waals surface area (Å²) in [6.07, 6.45) is 0. The lowest BCUT2D eigenvalue weighted by atomic mass is 10.5. The van der Waals surface area contributed by atoms with Gasteiger partial charge in [-0.3, -0.25) is 36.2 Å². The number of nitrogen functional groups attached to an aromatic ring is 5. The number of rotatable bonds is 2. The maximum atomic E-state index is 11.0. The van der Waals surface area contributed by atoms with E-state index in [-0.39, 0.29) is 35.7 Å². The molecular formula is C12H18N18O6. The maximum Gasteiger partial charge on any atom is 0.330 e. The number of nitrogens with zero attached hydrogens (tertiary/aromatic N) is 6. The smallest absolute Gasteiger partial charge is 0.330 e. The fourth-order valence-electron chi connectivity index (χ4n) is 2.05. The van der Waals surface area contributed by atoms with Crippen LogP contribution >= 0.6 is 0 Å². The number of amides is 4. The molecule has 3 aromatic heterocycles. The fraction of sp³-hybridized carbons (Fsp3) is 0.0833. The van der Waals surface area contributed by atoms with Crippen LogP contribution in [-0.2, 0) is 0 Å². The molecular weight excluding hydrogens is 492 g/mol. The Bertz CT molecular complexity index is 1260. The van der Waals surface area contributed by atoms with E-state index < -0.39 is 35.1 Å². The monoisotopic (exact) mass is 510 g/mol. The summed E-state index contributed by atoms with van der Waals surface area (Å²) in [4.78, 5) is 79.1. The van der Waals surface area contributed by atoms with Gasteiger partial charge in [-0.15, -0.1) is 0 Å². The quantitative estimate of drug-likeness (QED) is 0.142. The van der Waals surface area contributed by atoms with Crippen LogP contribution in [0.5, 0.6) is 0 Å². The van der Waals surface area contributed by atoms with Gasteiger partial charge in [0, 0.05) is 0 Å². The number of H-pyrrole nitrogens is 3. The SMILES string of the molecule is Nc1nc(N)nc(N)n1.Nc1nc(N)nc(NC2(O)NC(=O)NC(=O)N2)n1.O=c1[nH]c(=O)[nH]c(=O)[nH]1. The molecule has 0 atom stereocenters. The van der Waals surface area contributed by atoms with Gasteiger partial charge in [0.25, 0.3) is 0 Å². The van der Waals surface area contributed by atoms with Gasteiger partial charge in [-0.05, 0) is 0 Å². The Morgan fingerprint density at radius 3 is 1.22 bits per heavy atom. The predicted octanol–water partition coefficient (Wildman–Crippen LogP) is -6.56. The number of aromatic amines is 3. The van der Waals surface area contributed by atoms with Gasteiger partial charge in [-0.1, -0.05) is 0 Å². The molecule has 4 amide bonds. The molecule has 24 nitrogen and oxygen atoms in total. The van der Waals surface area contributed by atoms with E-state index >= 15 is 0 Å². The zero-order chi connectivity index (χ0) is 27.0. The topological polar surface area (TPSA) is 409 Å². The first-order valence-corrected chi connectivity index (χ1v) is 8.87. The summed E-state index contributed by atoms with van der Waals surface area (Å²) < 4.78 is 0. The highest BCUT2D eigenvalue weighted by Gasteiger charge is 2.37. The Hall–Kier alpha value is -6.07. The Labute approximate surface area is 195 Å². The summed E-state index contributed by atoms with van der Waals surface area (Å²) in [6, 6.07) is -1.83. The van der Waals surface area contributed by atoms with Gasteiger partial charge in [0.05, 0.1) is 0 Å². The minimum atomic E-state index is -2.26. The Morgan fingerprint density at radius 2 is 0.889 bits per heavy atom. The third-order valence-corrected chi connectivity index (χ3v) is 3.15. The lowest BCUT2D eigenvalue weighted by molar-refractivity contribution is 0.0147. The second kappa shape index (κ2) is 10.7. The summed E-state index contributed by atoms with van der Waals surface area (Å²) in [6.45, 7) is 0. The average Bonchev–Trinajstić information content (AvgIpc) is 2.64. The van der Waals surface area contributed by atoms with E-state index in [2.05, 4.69) is 35.2 Å². The van der Waals surface area contributed by atoms with Gasteiger partial charge in [-0.2, -0.15) is 29.9 Å². The van der Waals surface area contributed by atoms with Gasteiger partial charge in [0.1, 0.15) is 0 Å². The largest absolute Gasteiger partial charge is 0.368 e. The maximum absolute atomic E-state index is 11.0. The number of urea groups is 2. The van der Waals surface area contributed by atoms with Gasteiger partial charge in [0.15, 0.2) is 0 Å². The van der Waals surface area contributed by atoms with Crippen LogP contribution in [0, 0.1) is 0 Å². The van der Waals surface area contributed by atoms with Crippen molar-refractivity contribution in [2.75, 3.05) is 34.0 Å². The number of aromatic nitrogens is 9. The predicted molar refractivity (Wildman–Crippen MR) is 119 cm³/mol. The van der Waals surface area contributed by atoms with Crippen LogP contribution in [0.3, 0.4) is 0 Å². The molecule has 1 aliphatic heterocycles. The molecule has 36 heavy (non-hydrogen) atoms. The second-order valence-corrected chi connectivity index (χ2v) is 6.02. The van der Waals surface area contributed by atoms with Crippen LogP contribution in [0.15, 0.2) is 14.4 Å². The van der Waals surface area contributed by atoms with Crippen LogP contribution in [0.2, 0.25) is 0 Å². The number of aliphatic hydroxyl groups is 1. The van der Waals surface area contributed by atoms with E-state index in [0.29, 0.717) is 0 Å². The minimum Gasteiger partial charge on any atom is -0.368 e. The van der Waals surface area contributed by atoms with Crippen molar-refractivity contribution in [3.05, 3.63) is 31.5 Å². The van der Waals surface area contributed by atoms with Crippen molar-refractivity contribution in [2.24, 2.45) is 0 Å². The first kappa shape index (κ1) is 26.2. The third-order valence-electron chi connectivity index (χ3n) is 3.15. The van der Waals surface area contributed by atoms with Crippen LogP contribution in [0.1, 0.15) is 0 Å². The van der Waals surface area contributed by atoms with E-state index in [0.717, 1.165) is 0 Å². The molecule has 0 aromatic carbocycles. The van der Waals surface area contributed by atoms with Crippen LogP contribution < -0.4 is 67.0 Å². The molecule has 1 aliphatic rings. The lowest BCUT2D eigenvalue weighted by Crippen LogP contribution is -2.74. The van der Waals surface area contributed by atoms with E-state index in [1.54, 1.807) is 15.0 Å². The summed E-state index contributed by atoms with van der Waals surface area (Å²) >= 11 is 0. The van der Waals surface area contributed by atoms with Gasteiger partial charge in [0.2, 0.25) is 35.7 Å². The van der Waals surface area contributed by atoms with Crippen molar-refractivity contribution in [3.8, 4) is 0 Å². The molecule has 1 fully saturated rings. The number of anilines is 6. The van der Waals surface area contributed by atoms with Crippen molar-refractivity contribution >= 4 is 47.8 Å². The normalized spacial score (nSPS) is 13.4. The molecule has 0 spiro atoms. The summed E-state index contributed by atoms with van der Waals surface area (Å²) in [5, 5.41) is 17.9. The molecule has 0 unspecified atom stereocenters. The molecule has 18 N–H and O–H groups in total. The molecule has 24 heteroatoms. The zero-order valence-corrected chi connectivity index (χ0v) is 17.6. The fourth-order valence-corrected chi connectivity index (χ4v) is 2.05. The van der Waals surface area contributed by atoms with Crippen LogP contribution in [-0.4, -0.2) is 68.0 Å². The number of imide groups is 1. The van der Waals surface area contributed by atoms with Crippen LogP contribution in [0.4, 0.5) is 45.3 Å². The number of carbonyl (C=O) groups excluding carboxylic acids is 2. The average molecular weight is 510 g/mol. The number of nitrogens with one attached hydrogen (secondary N) is 7. The third kappa shape index (κ3) is 8.46. The summed E-state index contributed by atoms with van der Waals surface area (Å²) in [7, 11) is 0. The number of hydrogen-bond donors (Lipinski definition) is 13. The van der Waals surface area contributed by atoms with Crippen molar-refractivity contribution in [1.29, 1.82) is 0 Å². The van der Waals surface area contributed by atoms with Crippen LogP contribution in [0.25, 0.3) is 0 Å². The van der Waals surface area contributed by atoms with Gasteiger partial charge in [-0.25, -0.2) is 24.0 Å². The van der Waals surface area contributed by atoms with Crippen molar-refractivity contribution in [3.63, 3.8) is 0 Å². The number of nitrogens with two attached hydrogens (primary N) is 5. The highest BCUT2D eigenvalue weighted by Crippen LogP contribution is 2.08. The standard InChI is InChI=1S/C6H9N9O3.C3H6N6.C3H3N3O3/c7-1-9-2(8)11-3(10-1)13-6(18)14-4(16)12-5(17)15-6;4-1-7-2(5)9-3(6)8-1;7-1-4-2(8)6-3(9)5-1/h18H,(H3,12,14,15,16,17)(H5,7,8,9,10,11,13);(H6,4,5,6,7,8,9);(H3,4,5,6,7,8,9). The van der Waals surface area contributed by atoms with Crippen molar-refractivity contribution in [1.82, 2.24) is 60.8 Å². The van der Waals surface area contributed by atoms with Gasteiger partial charge >= 0.3 is 35.1 Å². The number of hydrogen-bond acceptors (Lipinski definition) is 18. The number of carbonyl (C=O) groups is 2. The molecule has 0 saturated carbocycles. The highest BCUT2D eigenvalue weighted by molar-refractivity contribution is 5.96. The Kier molecular flexibility index (Phi) is 7.78. The van der Waals surface area contributed by atoms with E-state index in [1.807, 2.05) is 16.0 Å². The van der Waals surface area contributed by atoms with E-state index in [1.165, 1.54) is 0 Å². The summed E-state index contributed by atoms with van der Waals surface area (Å²) in [5.41, 5.74) is 23.6. The van der Waals surface area contributed by atoms with Crippen molar-refractivity contribution < 1.29 is 14.7 Å². The molecule has 3 aromatic rings. The molecule has 4 heterocycles. The second-order valence-electron chi connectivity index (χ2n) is 6.02. The lowest BCUT2D eigenvalue weighted by Gasteiger charge is -2.33. The summed E-state index contributed by atoms with van der Waals surface area (Å²) in [5.74, 6) is -2.76. The molecule has 0 aliphatic carbocycles.